The number of nitrogens with one attached hydrogen (secondary N) is 1. The first-order valence-corrected chi connectivity index (χ1v) is 6.59. The molecule has 1 heterocycles. The lowest BCUT2D eigenvalue weighted by atomic mass is 10.2. The molecule has 20 heavy (non-hydrogen) atoms. The average molecular weight is 278 g/mol. The van der Waals surface area contributed by atoms with Gasteiger partial charge >= 0.3 is 5.97 Å². The number of amides is 1. The fourth-order valence-corrected chi connectivity index (χ4v) is 2.58. The van der Waals surface area contributed by atoms with Crippen LogP contribution in [0, 0.1) is 0 Å². The molecule has 1 N–H and O–H groups in total. The highest BCUT2D eigenvalue weighted by Gasteiger charge is 2.24. The maximum absolute atomic E-state index is 12.0. The number of aromatic nitrogens is 1. The van der Waals surface area contributed by atoms with E-state index in [0.29, 0.717) is 0 Å². The Kier molecular flexibility index (Phi) is 4.22. The number of carbonyl (C=O) groups excluding carboxylic acids is 2. The summed E-state index contributed by atoms with van der Waals surface area (Å²) in [7, 11) is 1.26. The van der Waals surface area contributed by atoms with Crippen LogP contribution >= 0.6 is 0 Å². The van der Waals surface area contributed by atoms with Crippen LogP contribution in [-0.2, 0) is 33.7 Å². The number of pyridine rings is 1. The van der Waals surface area contributed by atoms with Gasteiger partial charge in [0.25, 0.3) is 5.56 Å². The average Bonchev–Trinajstić information content (AvgIpc) is 2.88. The maximum atomic E-state index is 12.0. The Balaban J connectivity index is 2.31. The van der Waals surface area contributed by atoms with Gasteiger partial charge in [-0.1, -0.05) is 6.07 Å². The van der Waals surface area contributed by atoms with Crippen LogP contribution in [0.2, 0.25) is 0 Å². The Morgan fingerprint density at radius 2 is 2.15 bits per heavy atom. The Labute approximate surface area is 116 Å². The molecule has 0 bridgehead atoms. The van der Waals surface area contributed by atoms with Gasteiger partial charge in [-0.15, -0.1) is 0 Å². The second-order valence-electron chi connectivity index (χ2n) is 4.88. The summed E-state index contributed by atoms with van der Waals surface area (Å²) in [6.45, 7) is 1.43. The lowest BCUT2D eigenvalue weighted by molar-refractivity contribution is -0.145. The van der Waals surface area contributed by atoms with E-state index in [0.717, 1.165) is 30.5 Å². The van der Waals surface area contributed by atoms with E-state index in [-0.39, 0.29) is 18.0 Å². The Bertz CT molecular complexity index is 591. The summed E-state index contributed by atoms with van der Waals surface area (Å²) < 4.78 is 6.24. The molecule has 0 radical (unpaired) electrons. The number of nitrogens with zero attached hydrogens (tertiary/aromatic N) is 1. The summed E-state index contributed by atoms with van der Waals surface area (Å²) in [4.78, 5) is 34.9. The van der Waals surface area contributed by atoms with E-state index in [9.17, 15) is 14.4 Å². The topological polar surface area (TPSA) is 77.4 Å². The molecule has 6 nitrogen and oxygen atoms in total. The Hall–Kier alpha value is -2.11. The van der Waals surface area contributed by atoms with Crippen molar-refractivity contribution in [1.82, 2.24) is 9.88 Å². The van der Waals surface area contributed by atoms with Gasteiger partial charge < -0.3 is 14.6 Å². The molecule has 1 atom stereocenters. The van der Waals surface area contributed by atoms with Crippen LogP contribution in [0.4, 0.5) is 0 Å². The van der Waals surface area contributed by atoms with Gasteiger partial charge in [-0.2, -0.15) is 0 Å². The van der Waals surface area contributed by atoms with E-state index >= 15 is 0 Å². The number of aryl methyl sites for hydroxylation is 1. The third-order valence-electron chi connectivity index (χ3n) is 3.48. The highest BCUT2D eigenvalue weighted by Crippen LogP contribution is 2.20. The van der Waals surface area contributed by atoms with Crippen LogP contribution < -0.4 is 10.9 Å². The third kappa shape index (κ3) is 2.89. The molecule has 1 aliphatic rings. The SMILES string of the molecule is COC(=O)C(Cn1c2c(ccc1=O)CCC2)NC(C)=O. The molecular formula is C14H18N2O4. The molecule has 0 aliphatic heterocycles. The van der Waals surface area contributed by atoms with E-state index in [1.54, 1.807) is 4.57 Å². The molecule has 1 unspecified atom stereocenters. The minimum Gasteiger partial charge on any atom is -0.467 e. The van der Waals surface area contributed by atoms with Crippen molar-refractivity contribution < 1.29 is 14.3 Å². The predicted octanol–water partition coefficient (Wildman–Crippen LogP) is 0.0147. The lowest BCUT2D eigenvalue weighted by Crippen LogP contribution is -2.45. The summed E-state index contributed by atoms with van der Waals surface area (Å²) in [5.74, 6) is -0.885. The number of esters is 1. The quantitative estimate of drug-likeness (QED) is 0.787. The first-order chi connectivity index (χ1) is 9.52. The zero-order valence-corrected chi connectivity index (χ0v) is 11.6. The zero-order valence-electron chi connectivity index (χ0n) is 11.6. The van der Waals surface area contributed by atoms with Crippen molar-refractivity contribution in [2.24, 2.45) is 0 Å². The number of carbonyl (C=O) groups is 2. The summed E-state index contributed by atoms with van der Waals surface area (Å²) in [5, 5.41) is 2.52. The highest BCUT2D eigenvalue weighted by molar-refractivity contribution is 5.83. The molecule has 2 rings (SSSR count). The first kappa shape index (κ1) is 14.3. The van der Waals surface area contributed by atoms with Crippen molar-refractivity contribution in [3.8, 4) is 0 Å². The number of methoxy groups -OCH3 is 1. The van der Waals surface area contributed by atoms with Gasteiger partial charge in [0.15, 0.2) is 0 Å². The molecule has 108 valence electrons. The van der Waals surface area contributed by atoms with E-state index in [4.69, 9.17) is 0 Å². The van der Waals surface area contributed by atoms with Gasteiger partial charge in [0.1, 0.15) is 6.04 Å². The molecule has 6 heteroatoms. The zero-order chi connectivity index (χ0) is 14.7. The van der Waals surface area contributed by atoms with Crippen LogP contribution in [0.5, 0.6) is 0 Å². The summed E-state index contributed by atoms with van der Waals surface area (Å²) in [6.07, 6.45) is 2.76. The molecule has 1 aromatic rings. The minimum absolute atomic E-state index is 0.105. The molecular weight excluding hydrogens is 260 g/mol. The minimum atomic E-state index is -0.845. The molecule has 0 aromatic carbocycles. The molecule has 0 fully saturated rings. The van der Waals surface area contributed by atoms with E-state index in [2.05, 4.69) is 10.1 Å². The Morgan fingerprint density at radius 3 is 2.80 bits per heavy atom. The normalized spacial score (nSPS) is 14.5. The van der Waals surface area contributed by atoms with Gasteiger partial charge in [0, 0.05) is 18.7 Å². The van der Waals surface area contributed by atoms with E-state index in [1.807, 2.05) is 6.07 Å². The van der Waals surface area contributed by atoms with Crippen LogP contribution in [0.15, 0.2) is 16.9 Å². The number of ether oxygens (including phenoxy) is 1. The highest BCUT2D eigenvalue weighted by atomic mass is 16.5. The van der Waals surface area contributed by atoms with Crippen LogP contribution in [0.1, 0.15) is 24.6 Å². The lowest BCUT2D eigenvalue weighted by Gasteiger charge is -2.19. The smallest absolute Gasteiger partial charge is 0.330 e. The monoisotopic (exact) mass is 278 g/mol. The van der Waals surface area contributed by atoms with Crippen molar-refractivity contribution in [3.63, 3.8) is 0 Å². The van der Waals surface area contributed by atoms with Gasteiger partial charge in [-0.25, -0.2) is 4.79 Å². The third-order valence-corrected chi connectivity index (χ3v) is 3.48. The molecule has 0 spiro atoms. The molecule has 0 saturated heterocycles. The summed E-state index contributed by atoms with van der Waals surface area (Å²) >= 11 is 0. The van der Waals surface area contributed by atoms with Gasteiger partial charge in [0.05, 0.1) is 13.7 Å². The number of fused-ring (bicyclic) bond motifs is 1. The largest absolute Gasteiger partial charge is 0.467 e. The van der Waals surface area contributed by atoms with Gasteiger partial charge in [-0.05, 0) is 24.8 Å². The molecule has 1 amide bonds. The van der Waals surface area contributed by atoms with Crippen molar-refractivity contribution in [2.45, 2.75) is 38.8 Å². The van der Waals surface area contributed by atoms with Crippen molar-refractivity contribution in [2.75, 3.05) is 7.11 Å². The first-order valence-electron chi connectivity index (χ1n) is 6.59. The van der Waals surface area contributed by atoms with Gasteiger partial charge in [-0.3, -0.25) is 9.59 Å². The van der Waals surface area contributed by atoms with Crippen LogP contribution in [0.25, 0.3) is 0 Å². The van der Waals surface area contributed by atoms with Crippen molar-refractivity contribution in [3.05, 3.63) is 33.7 Å². The molecule has 0 saturated carbocycles. The molecule has 1 aromatic heterocycles. The van der Waals surface area contributed by atoms with Crippen LogP contribution in [0.3, 0.4) is 0 Å². The predicted molar refractivity (Wildman–Crippen MR) is 72.3 cm³/mol. The van der Waals surface area contributed by atoms with Gasteiger partial charge in [0.2, 0.25) is 5.91 Å². The maximum Gasteiger partial charge on any atom is 0.330 e. The second-order valence-corrected chi connectivity index (χ2v) is 4.88. The van der Waals surface area contributed by atoms with Crippen molar-refractivity contribution in [1.29, 1.82) is 0 Å². The Morgan fingerprint density at radius 1 is 1.40 bits per heavy atom. The fraction of sp³-hybridized carbons (Fsp3) is 0.500. The van der Waals surface area contributed by atoms with E-state index < -0.39 is 12.0 Å². The fourth-order valence-electron chi connectivity index (χ4n) is 2.58. The molecule has 1 aliphatic carbocycles. The number of rotatable bonds is 4. The summed E-state index contributed by atoms with van der Waals surface area (Å²) in [5.41, 5.74) is 1.93. The van der Waals surface area contributed by atoms with Crippen molar-refractivity contribution >= 4 is 11.9 Å². The summed E-state index contributed by atoms with van der Waals surface area (Å²) in [6, 6.07) is 2.50. The van der Waals surface area contributed by atoms with E-state index in [1.165, 1.54) is 20.1 Å². The number of hydrogen-bond acceptors (Lipinski definition) is 4. The second kappa shape index (κ2) is 5.90. The standard InChI is InChI=1S/C14H18N2O4/c1-9(17)15-11(14(19)20-2)8-16-12-5-3-4-10(12)6-7-13(16)18/h6-7,11H,3-5,8H2,1-2H3,(H,15,17). The number of hydrogen-bond donors (Lipinski definition) is 1. The van der Waals surface area contributed by atoms with Crippen LogP contribution in [-0.4, -0.2) is 29.6 Å².